The number of carbonyl (C=O) groups is 1. The number of amides is 1. The van der Waals surface area contributed by atoms with Crippen LogP contribution in [-0.4, -0.2) is 12.5 Å². The molecule has 2 aromatic rings. The van der Waals surface area contributed by atoms with Crippen molar-refractivity contribution in [1.29, 1.82) is 0 Å². The van der Waals surface area contributed by atoms with Crippen molar-refractivity contribution >= 4 is 23.2 Å². The molecule has 120 valence electrons. The summed E-state index contributed by atoms with van der Waals surface area (Å²) < 4.78 is 11.7. The van der Waals surface area contributed by atoms with Gasteiger partial charge in [-0.05, 0) is 36.8 Å². The number of carbonyl (C=O) groups excluding carboxylic acids is 1. The monoisotopic (exact) mass is 331 g/mol. The summed E-state index contributed by atoms with van der Waals surface area (Å²) in [6.07, 6.45) is 2.96. The second-order valence-corrected chi connectivity index (χ2v) is 6.46. The Hall–Kier alpha value is -1.78. The van der Waals surface area contributed by atoms with Gasteiger partial charge in [-0.3, -0.25) is 4.79 Å². The molecule has 2 aliphatic rings. The van der Waals surface area contributed by atoms with Gasteiger partial charge in [0.25, 0.3) is 0 Å². The van der Waals surface area contributed by atoms with Gasteiger partial charge in [-0.15, -0.1) is 0 Å². The molecule has 0 saturated carbocycles. The SMILES string of the molecule is CCC(=O)N1c2ccc(Cl)cc2[C@H]2OCC[C@H]2[C@H]1c1ccco1. The summed E-state index contributed by atoms with van der Waals surface area (Å²) in [5, 5.41) is 0.665. The van der Waals surface area contributed by atoms with Gasteiger partial charge in [0, 0.05) is 29.5 Å². The van der Waals surface area contributed by atoms with Gasteiger partial charge in [0.1, 0.15) is 11.8 Å². The topological polar surface area (TPSA) is 42.7 Å². The average Bonchev–Trinajstić information content (AvgIpc) is 3.24. The number of rotatable bonds is 2. The van der Waals surface area contributed by atoms with Gasteiger partial charge in [0.05, 0.1) is 18.1 Å². The highest BCUT2D eigenvalue weighted by molar-refractivity contribution is 6.30. The maximum absolute atomic E-state index is 12.7. The minimum absolute atomic E-state index is 0.0419. The fourth-order valence-corrected chi connectivity index (χ4v) is 4.00. The van der Waals surface area contributed by atoms with E-state index < -0.39 is 0 Å². The number of ether oxygens (including phenoxy) is 1. The Labute approximate surface area is 140 Å². The molecule has 0 unspecified atom stereocenters. The van der Waals surface area contributed by atoms with Crippen molar-refractivity contribution in [2.75, 3.05) is 11.5 Å². The fraction of sp³-hybridized carbons (Fsp3) is 0.389. The number of hydrogen-bond acceptors (Lipinski definition) is 3. The van der Waals surface area contributed by atoms with Crippen molar-refractivity contribution in [2.45, 2.75) is 31.9 Å². The van der Waals surface area contributed by atoms with E-state index in [0.717, 1.165) is 23.4 Å². The Bertz CT molecular complexity index is 728. The van der Waals surface area contributed by atoms with E-state index in [9.17, 15) is 4.79 Å². The molecule has 0 spiro atoms. The van der Waals surface area contributed by atoms with Crippen molar-refractivity contribution in [1.82, 2.24) is 0 Å². The lowest BCUT2D eigenvalue weighted by Gasteiger charge is -2.42. The number of hydrogen-bond donors (Lipinski definition) is 0. The minimum atomic E-state index is -0.126. The lowest BCUT2D eigenvalue weighted by atomic mass is 9.81. The zero-order valence-electron chi connectivity index (χ0n) is 12.9. The summed E-state index contributed by atoms with van der Waals surface area (Å²) >= 11 is 6.19. The highest BCUT2D eigenvalue weighted by Crippen LogP contribution is 2.53. The van der Waals surface area contributed by atoms with E-state index in [4.69, 9.17) is 20.8 Å². The van der Waals surface area contributed by atoms with Crippen LogP contribution in [0.5, 0.6) is 0 Å². The van der Waals surface area contributed by atoms with Gasteiger partial charge in [-0.1, -0.05) is 18.5 Å². The molecule has 3 atom stereocenters. The van der Waals surface area contributed by atoms with E-state index in [2.05, 4.69) is 0 Å². The van der Waals surface area contributed by atoms with Gasteiger partial charge in [0.15, 0.2) is 0 Å². The maximum atomic E-state index is 12.7. The Balaban J connectivity index is 1.91. The number of benzene rings is 1. The molecule has 2 aliphatic heterocycles. The molecule has 23 heavy (non-hydrogen) atoms. The molecule has 5 heteroatoms. The van der Waals surface area contributed by atoms with Crippen molar-refractivity contribution < 1.29 is 13.9 Å². The second-order valence-electron chi connectivity index (χ2n) is 6.02. The van der Waals surface area contributed by atoms with Crippen LogP contribution in [0.2, 0.25) is 5.02 Å². The molecule has 0 N–H and O–H groups in total. The number of furan rings is 1. The molecule has 4 rings (SSSR count). The molecule has 1 fully saturated rings. The van der Waals surface area contributed by atoms with Crippen LogP contribution in [0, 0.1) is 5.92 Å². The van der Waals surface area contributed by atoms with Gasteiger partial charge in [-0.2, -0.15) is 0 Å². The molecule has 0 bridgehead atoms. The molecular formula is C18H18ClNO3. The first kappa shape index (κ1) is 14.8. The van der Waals surface area contributed by atoms with Crippen LogP contribution in [0.1, 0.15) is 43.2 Å². The third-order valence-corrected chi connectivity index (χ3v) is 5.02. The maximum Gasteiger partial charge on any atom is 0.227 e. The molecule has 1 amide bonds. The Morgan fingerprint density at radius 3 is 3.00 bits per heavy atom. The largest absolute Gasteiger partial charge is 0.467 e. The predicted octanol–water partition coefficient (Wildman–Crippen LogP) is 4.51. The minimum Gasteiger partial charge on any atom is -0.467 e. The van der Waals surface area contributed by atoms with Crippen LogP contribution < -0.4 is 4.90 Å². The average molecular weight is 332 g/mol. The quantitative estimate of drug-likeness (QED) is 0.813. The smallest absolute Gasteiger partial charge is 0.227 e. The van der Waals surface area contributed by atoms with Crippen molar-refractivity contribution in [3.8, 4) is 0 Å². The van der Waals surface area contributed by atoms with Crippen LogP contribution >= 0.6 is 11.6 Å². The molecule has 1 aromatic carbocycles. The Morgan fingerprint density at radius 1 is 1.39 bits per heavy atom. The summed E-state index contributed by atoms with van der Waals surface area (Å²) in [4.78, 5) is 14.6. The van der Waals surface area contributed by atoms with Gasteiger partial charge >= 0.3 is 0 Å². The van der Waals surface area contributed by atoms with Crippen LogP contribution in [0.15, 0.2) is 41.0 Å². The zero-order valence-corrected chi connectivity index (χ0v) is 13.6. The second kappa shape index (κ2) is 5.69. The van der Waals surface area contributed by atoms with Gasteiger partial charge in [-0.25, -0.2) is 0 Å². The first-order chi connectivity index (χ1) is 11.2. The van der Waals surface area contributed by atoms with E-state index in [0.29, 0.717) is 18.1 Å². The molecule has 4 nitrogen and oxygen atoms in total. The van der Waals surface area contributed by atoms with E-state index in [-0.39, 0.29) is 24.0 Å². The van der Waals surface area contributed by atoms with Crippen molar-refractivity contribution in [3.63, 3.8) is 0 Å². The third kappa shape index (κ3) is 2.28. The molecule has 3 heterocycles. The van der Waals surface area contributed by atoms with Crippen LogP contribution in [0.3, 0.4) is 0 Å². The first-order valence-corrected chi connectivity index (χ1v) is 8.35. The van der Waals surface area contributed by atoms with Crippen LogP contribution in [0.25, 0.3) is 0 Å². The zero-order chi connectivity index (χ0) is 16.0. The van der Waals surface area contributed by atoms with Crippen LogP contribution in [0.4, 0.5) is 5.69 Å². The predicted molar refractivity (Wildman–Crippen MR) is 87.5 cm³/mol. The summed E-state index contributed by atoms with van der Waals surface area (Å²) in [6.45, 7) is 2.57. The summed E-state index contributed by atoms with van der Waals surface area (Å²) in [5.41, 5.74) is 1.88. The number of nitrogens with zero attached hydrogens (tertiary/aromatic N) is 1. The van der Waals surface area contributed by atoms with E-state index in [1.54, 1.807) is 6.26 Å². The van der Waals surface area contributed by atoms with E-state index in [1.165, 1.54) is 0 Å². The molecule has 0 aliphatic carbocycles. The van der Waals surface area contributed by atoms with Crippen molar-refractivity contribution in [3.05, 3.63) is 52.9 Å². The van der Waals surface area contributed by atoms with Crippen molar-refractivity contribution in [2.24, 2.45) is 5.92 Å². The van der Waals surface area contributed by atoms with Gasteiger partial charge < -0.3 is 14.1 Å². The number of halogens is 1. The lowest BCUT2D eigenvalue weighted by molar-refractivity contribution is -0.119. The fourth-order valence-electron chi connectivity index (χ4n) is 3.82. The molecule has 0 radical (unpaired) electrons. The summed E-state index contributed by atoms with van der Waals surface area (Å²) in [6, 6.07) is 9.35. The molecule has 1 aromatic heterocycles. The molecular weight excluding hydrogens is 314 g/mol. The van der Waals surface area contributed by atoms with Gasteiger partial charge in [0.2, 0.25) is 5.91 Å². The van der Waals surface area contributed by atoms with E-state index >= 15 is 0 Å². The lowest BCUT2D eigenvalue weighted by Crippen LogP contribution is -2.43. The van der Waals surface area contributed by atoms with E-state index in [1.807, 2.05) is 42.2 Å². The third-order valence-electron chi connectivity index (χ3n) is 4.78. The highest BCUT2D eigenvalue weighted by Gasteiger charge is 2.48. The summed E-state index contributed by atoms with van der Waals surface area (Å²) in [5.74, 6) is 1.08. The first-order valence-electron chi connectivity index (χ1n) is 7.97. The normalized spacial score (nSPS) is 26.0. The standard InChI is InChI=1S/C18H18ClNO3/c1-2-16(21)20-14-6-5-11(19)10-13(14)18-12(7-9-23-18)17(20)15-4-3-8-22-15/h3-6,8,10,12,17-18H,2,7,9H2,1H3/t12-,17-,18-/m0/s1. The number of fused-ring (bicyclic) bond motifs is 3. The number of anilines is 1. The van der Waals surface area contributed by atoms with Crippen LogP contribution in [-0.2, 0) is 9.53 Å². The summed E-state index contributed by atoms with van der Waals surface area (Å²) in [7, 11) is 0. The highest BCUT2D eigenvalue weighted by atomic mass is 35.5. The Morgan fingerprint density at radius 2 is 2.26 bits per heavy atom. The Kier molecular flexibility index (Phi) is 3.66. The molecule has 1 saturated heterocycles.